The summed E-state index contributed by atoms with van der Waals surface area (Å²) in [5, 5.41) is 3.59. The van der Waals surface area contributed by atoms with E-state index in [1.165, 1.54) is 11.3 Å². The molecule has 3 rings (SSSR count). The van der Waals surface area contributed by atoms with E-state index < -0.39 is 0 Å². The molecular weight excluding hydrogens is 312 g/mol. The average molecular weight is 332 g/mol. The lowest BCUT2D eigenvalue weighted by molar-refractivity contribution is -0.122. The Balaban J connectivity index is 1.61. The molecule has 0 aliphatic carbocycles. The lowest BCUT2D eigenvalue weighted by atomic mass is 9.96. The summed E-state index contributed by atoms with van der Waals surface area (Å²) in [5.74, 6) is -0.342. The first kappa shape index (κ1) is 15.9. The molecule has 2 amide bonds. The monoisotopic (exact) mass is 332 g/mol. The molecule has 0 bridgehead atoms. The molecule has 0 atom stereocenters. The van der Waals surface area contributed by atoms with Gasteiger partial charge in [0.25, 0.3) is 0 Å². The van der Waals surface area contributed by atoms with Crippen LogP contribution in [0.5, 0.6) is 0 Å². The molecule has 122 valence electrons. The average Bonchev–Trinajstić information content (AvgIpc) is 2.91. The van der Waals surface area contributed by atoms with Gasteiger partial charge in [-0.05, 0) is 44.5 Å². The number of anilines is 1. The molecule has 1 aromatic heterocycles. The van der Waals surface area contributed by atoms with Crippen molar-refractivity contribution >= 4 is 38.5 Å². The van der Waals surface area contributed by atoms with Crippen LogP contribution in [0.25, 0.3) is 10.2 Å². The SMILES string of the molecule is Cc1cccc2sc(NC(=O)C3CCN(CC(N)=O)CC3)nc12. The number of para-hydroxylation sites is 1. The fourth-order valence-corrected chi connectivity index (χ4v) is 3.87. The van der Waals surface area contributed by atoms with Gasteiger partial charge in [0.1, 0.15) is 0 Å². The molecule has 0 radical (unpaired) electrons. The fraction of sp³-hybridized carbons (Fsp3) is 0.438. The number of hydrogen-bond acceptors (Lipinski definition) is 5. The maximum absolute atomic E-state index is 12.4. The predicted octanol–water partition coefficient (Wildman–Crippen LogP) is 1.74. The predicted molar refractivity (Wildman–Crippen MR) is 91.3 cm³/mol. The lowest BCUT2D eigenvalue weighted by Crippen LogP contribution is -2.42. The molecule has 1 aliphatic heterocycles. The number of benzene rings is 1. The molecule has 6 nitrogen and oxygen atoms in total. The van der Waals surface area contributed by atoms with Gasteiger partial charge >= 0.3 is 0 Å². The number of amides is 2. The summed E-state index contributed by atoms with van der Waals surface area (Å²) >= 11 is 1.50. The number of nitrogens with two attached hydrogens (primary N) is 1. The Morgan fingerprint density at radius 1 is 1.39 bits per heavy atom. The molecule has 2 heterocycles. The third-order valence-corrected chi connectivity index (χ3v) is 5.12. The number of nitrogens with zero attached hydrogens (tertiary/aromatic N) is 2. The third-order valence-electron chi connectivity index (χ3n) is 4.19. The Kier molecular flexibility index (Phi) is 4.58. The number of rotatable bonds is 4. The van der Waals surface area contributed by atoms with Gasteiger partial charge in [-0.3, -0.25) is 14.5 Å². The Bertz CT molecular complexity index is 735. The number of likely N-dealkylation sites (tertiary alicyclic amines) is 1. The zero-order valence-electron chi connectivity index (χ0n) is 13.0. The number of carbonyl (C=O) groups is 2. The van der Waals surface area contributed by atoms with Crippen LogP contribution in [0.1, 0.15) is 18.4 Å². The first-order valence-corrected chi connectivity index (χ1v) is 8.52. The number of thiazole rings is 1. The highest BCUT2D eigenvalue weighted by Crippen LogP contribution is 2.29. The van der Waals surface area contributed by atoms with Crippen molar-refractivity contribution in [1.82, 2.24) is 9.88 Å². The molecule has 0 unspecified atom stereocenters. The summed E-state index contributed by atoms with van der Waals surface area (Å²) in [6.07, 6.45) is 1.48. The van der Waals surface area contributed by atoms with E-state index in [1.807, 2.05) is 30.0 Å². The second-order valence-electron chi connectivity index (χ2n) is 5.95. The molecule has 3 N–H and O–H groups in total. The Morgan fingerprint density at radius 2 is 2.13 bits per heavy atom. The van der Waals surface area contributed by atoms with Crippen molar-refractivity contribution in [2.24, 2.45) is 11.7 Å². The van der Waals surface area contributed by atoms with Gasteiger partial charge in [-0.2, -0.15) is 0 Å². The Hall–Kier alpha value is -1.99. The minimum atomic E-state index is -0.322. The van der Waals surface area contributed by atoms with Gasteiger partial charge in [0, 0.05) is 5.92 Å². The minimum absolute atomic E-state index is 0.0143. The number of primary amides is 1. The van der Waals surface area contributed by atoms with E-state index in [4.69, 9.17) is 5.73 Å². The van der Waals surface area contributed by atoms with Crippen LogP contribution in [0.4, 0.5) is 5.13 Å². The van der Waals surface area contributed by atoms with Gasteiger partial charge < -0.3 is 11.1 Å². The van der Waals surface area contributed by atoms with E-state index in [2.05, 4.69) is 10.3 Å². The zero-order valence-corrected chi connectivity index (χ0v) is 13.9. The van der Waals surface area contributed by atoms with Crippen molar-refractivity contribution in [3.05, 3.63) is 23.8 Å². The van der Waals surface area contributed by atoms with Gasteiger partial charge in [-0.25, -0.2) is 4.98 Å². The summed E-state index contributed by atoms with van der Waals surface area (Å²) in [4.78, 5) is 29.8. The van der Waals surface area contributed by atoms with E-state index in [1.54, 1.807) is 0 Å². The molecule has 23 heavy (non-hydrogen) atoms. The molecule has 1 fully saturated rings. The smallest absolute Gasteiger partial charge is 0.231 e. The lowest BCUT2D eigenvalue weighted by Gasteiger charge is -2.29. The van der Waals surface area contributed by atoms with Crippen LogP contribution in [0.2, 0.25) is 0 Å². The fourth-order valence-electron chi connectivity index (χ4n) is 2.92. The summed E-state index contributed by atoms with van der Waals surface area (Å²) in [5.41, 5.74) is 7.26. The van der Waals surface area contributed by atoms with Crippen LogP contribution < -0.4 is 11.1 Å². The molecule has 1 saturated heterocycles. The van der Waals surface area contributed by atoms with Gasteiger partial charge in [-0.1, -0.05) is 23.5 Å². The second kappa shape index (κ2) is 6.64. The quantitative estimate of drug-likeness (QED) is 0.892. The molecular formula is C16H20N4O2S. The zero-order chi connectivity index (χ0) is 16.4. The van der Waals surface area contributed by atoms with Crippen molar-refractivity contribution in [1.29, 1.82) is 0 Å². The van der Waals surface area contributed by atoms with Crippen LogP contribution in [0.3, 0.4) is 0 Å². The molecule has 2 aromatic rings. The number of aromatic nitrogens is 1. The summed E-state index contributed by atoms with van der Waals surface area (Å²) in [6.45, 7) is 3.73. The van der Waals surface area contributed by atoms with Crippen LogP contribution in [-0.4, -0.2) is 41.3 Å². The maximum Gasteiger partial charge on any atom is 0.231 e. The highest BCUT2D eigenvalue weighted by atomic mass is 32.1. The van der Waals surface area contributed by atoms with Crippen molar-refractivity contribution in [3.63, 3.8) is 0 Å². The molecule has 0 saturated carbocycles. The highest BCUT2D eigenvalue weighted by Gasteiger charge is 2.26. The molecule has 1 aliphatic rings. The van der Waals surface area contributed by atoms with Crippen molar-refractivity contribution in [3.8, 4) is 0 Å². The highest BCUT2D eigenvalue weighted by molar-refractivity contribution is 7.22. The van der Waals surface area contributed by atoms with Gasteiger partial charge in [-0.15, -0.1) is 0 Å². The third kappa shape index (κ3) is 3.68. The van der Waals surface area contributed by atoms with Gasteiger partial charge in [0.15, 0.2) is 5.13 Å². The van der Waals surface area contributed by atoms with Crippen LogP contribution in [0, 0.1) is 12.8 Å². The van der Waals surface area contributed by atoms with Gasteiger partial charge in [0.05, 0.1) is 16.8 Å². The molecule has 7 heteroatoms. The largest absolute Gasteiger partial charge is 0.369 e. The number of piperidine rings is 1. The van der Waals surface area contributed by atoms with Crippen LogP contribution in [-0.2, 0) is 9.59 Å². The number of nitrogens with one attached hydrogen (secondary N) is 1. The van der Waals surface area contributed by atoms with Crippen molar-refractivity contribution in [2.75, 3.05) is 25.0 Å². The normalized spacial score (nSPS) is 16.6. The second-order valence-corrected chi connectivity index (χ2v) is 6.98. The summed E-state index contributed by atoms with van der Waals surface area (Å²) in [7, 11) is 0. The number of fused-ring (bicyclic) bond motifs is 1. The Labute approximate surface area is 138 Å². The van der Waals surface area contributed by atoms with E-state index in [0.29, 0.717) is 5.13 Å². The first-order valence-electron chi connectivity index (χ1n) is 7.70. The number of carbonyl (C=O) groups excluding carboxylic acids is 2. The van der Waals surface area contributed by atoms with Gasteiger partial charge in [0.2, 0.25) is 11.8 Å². The first-order chi connectivity index (χ1) is 11.0. The maximum atomic E-state index is 12.4. The number of hydrogen-bond donors (Lipinski definition) is 2. The topological polar surface area (TPSA) is 88.3 Å². The van der Waals surface area contributed by atoms with Crippen molar-refractivity contribution in [2.45, 2.75) is 19.8 Å². The van der Waals surface area contributed by atoms with E-state index >= 15 is 0 Å². The number of aryl methyl sites for hydroxylation is 1. The van der Waals surface area contributed by atoms with E-state index in [9.17, 15) is 9.59 Å². The Morgan fingerprint density at radius 3 is 2.78 bits per heavy atom. The van der Waals surface area contributed by atoms with Crippen LogP contribution in [0.15, 0.2) is 18.2 Å². The minimum Gasteiger partial charge on any atom is -0.369 e. The standard InChI is InChI=1S/C16H20N4O2S/c1-10-3-2-4-12-14(10)18-16(23-12)19-15(22)11-5-7-20(8-6-11)9-13(17)21/h2-4,11H,5-9H2,1H3,(H2,17,21)(H,18,19,22). The summed E-state index contributed by atoms with van der Waals surface area (Å²) < 4.78 is 1.08. The van der Waals surface area contributed by atoms with E-state index in [-0.39, 0.29) is 24.3 Å². The molecule has 1 aromatic carbocycles. The van der Waals surface area contributed by atoms with Crippen molar-refractivity contribution < 1.29 is 9.59 Å². The summed E-state index contributed by atoms with van der Waals surface area (Å²) in [6, 6.07) is 6.02. The van der Waals surface area contributed by atoms with Crippen LogP contribution >= 0.6 is 11.3 Å². The van der Waals surface area contributed by atoms with E-state index in [0.717, 1.165) is 41.7 Å². The molecule has 0 spiro atoms.